The zero-order chi connectivity index (χ0) is 29.9. The number of nitrogens with two attached hydrogens (primary N) is 1. The predicted octanol–water partition coefficient (Wildman–Crippen LogP) is 4.33. The second-order valence-corrected chi connectivity index (χ2v) is 12.3. The fourth-order valence-corrected chi connectivity index (χ4v) is 5.02. The summed E-state index contributed by atoms with van der Waals surface area (Å²) in [4.78, 5) is 48.1. The van der Waals surface area contributed by atoms with Crippen LogP contribution in [0.4, 0.5) is 16.3 Å². The van der Waals surface area contributed by atoms with Crippen LogP contribution in [0, 0.1) is 0 Å². The van der Waals surface area contributed by atoms with Gasteiger partial charge >= 0.3 is 6.09 Å². The first kappa shape index (κ1) is 29.2. The van der Waals surface area contributed by atoms with Gasteiger partial charge in [-0.2, -0.15) is 0 Å². The number of pyridine rings is 2. The number of carbonyl (C=O) groups excluding carboxylic acids is 3. The van der Waals surface area contributed by atoms with Crippen LogP contribution in [-0.2, 0) is 21.1 Å². The molecule has 0 bridgehead atoms. The van der Waals surface area contributed by atoms with E-state index in [9.17, 15) is 22.8 Å². The van der Waals surface area contributed by atoms with Gasteiger partial charge in [-0.25, -0.2) is 18.2 Å². The molecule has 0 saturated carbocycles. The Kier molecular flexibility index (Phi) is 8.06. The van der Waals surface area contributed by atoms with Gasteiger partial charge in [0, 0.05) is 24.0 Å². The Bertz CT molecular complexity index is 1750. The maximum Gasteiger partial charge on any atom is 0.413 e. The van der Waals surface area contributed by atoms with Gasteiger partial charge in [0.15, 0.2) is 9.84 Å². The minimum atomic E-state index is -3.69. The van der Waals surface area contributed by atoms with Gasteiger partial charge in [0.1, 0.15) is 11.4 Å². The lowest BCUT2D eigenvalue weighted by atomic mass is 10.0. The third kappa shape index (κ3) is 7.03. The average molecular weight is 576 g/mol. The normalized spacial score (nSPS) is 11.6. The smallest absolute Gasteiger partial charge is 0.413 e. The highest BCUT2D eigenvalue weighted by Gasteiger charge is 2.25. The summed E-state index contributed by atoms with van der Waals surface area (Å²) in [7, 11) is -3.69. The lowest BCUT2D eigenvalue weighted by Gasteiger charge is -2.25. The molecule has 0 fully saturated rings. The molecule has 212 valence electrons. The molecule has 0 aliphatic rings. The van der Waals surface area contributed by atoms with Crippen LogP contribution in [0.2, 0.25) is 0 Å². The molecule has 0 unspecified atom stereocenters. The largest absolute Gasteiger partial charge is 0.444 e. The molecule has 12 heteroatoms. The second-order valence-electron chi connectivity index (χ2n) is 10.3. The van der Waals surface area contributed by atoms with Crippen molar-refractivity contribution in [1.29, 1.82) is 0 Å². The van der Waals surface area contributed by atoms with Crippen LogP contribution in [0.5, 0.6) is 0 Å². The minimum absolute atomic E-state index is 0.0176. The number of para-hydroxylation sites is 1. The van der Waals surface area contributed by atoms with E-state index in [1.54, 1.807) is 69.3 Å². The third-order valence-electron chi connectivity index (χ3n) is 5.82. The van der Waals surface area contributed by atoms with Crippen LogP contribution in [0.25, 0.3) is 10.9 Å². The van der Waals surface area contributed by atoms with Gasteiger partial charge < -0.3 is 15.4 Å². The number of hydrogen-bond acceptors (Lipinski definition) is 8. The molecule has 0 radical (unpaired) electrons. The molecule has 2 aromatic carbocycles. The number of primary amides is 1. The number of ether oxygens (including phenoxy) is 1. The summed E-state index contributed by atoms with van der Waals surface area (Å²) in [5.74, 6) is -1.16. The zero-order valence-electron chi connectivity index (χ0n) is 22.9. The van der Waals surface area contributed by atoms with Gasteiger partial charge in [-0.15, -0.1) is 0 Å². The van der Waals surface area contributed by atoms with E-state index in [0.717, 1.165) is 6.26 Å². The molecule has 0 atom stereocenters. The molecule has 4 rings (SSSR count). The van der Waals surface area contributed by atoms with E-state index in [4.69, 9.17) is 10.5 Å². The zero-order valence-corrected chi connectivity index (χ0v) is 23.7. The van der Waals surface area contributed by atoms with Crippen molar-refractivity contribution in [3.63, 3.8) is 0 Å². The molecular weight excluding hydrogens is 546 g/mol. The fourth-order valence-electron chi connectivity index (χ4n) is 4.14. The standard InChI is InChI=1S/C29H29N5O6S/c1-29(2,3)40-28(37)33-25-15-21(26(30)35)20-12-11-18(14-22(20)32-25)17-34(27(36)19-8-7-13-31-16-19)23-9-5-6-10-24(23)41(4,38)39/h5-16H,17H2,1-4H3,(H2,30,35)(H,32,33,37). The minimum Gasteiger partial charge on any atom is -0.444 e. The van der Waals surface area contributed by atoms with Gasteiger partial charge in [0.25, 0.3) is 5.91 Å². The average Bonchev–Trinajstić information content (AvgIpc) is 2.89. The number of hydrogen-bond donors (Lipinski definition) is 2. The fraction of sp³-hybridized carbons (Fsp3) is 0.207. The van der Waals surface area contributed by atoms with Crippen LogP contribution in [0.15, 0.2) is 78.0 Å². The summed E-state index contributed by atoms with van der Waals surface area (Å²) in [5, 5.41) is 2.95. The van der Waals surface area contributed by atoms with Crippen LogP contribution in [0.1, 0.15) is 47.1 Å². The van der Waals surface area contributed by atoms with Crippen LogP contribution in [0.3, 0.4) is 0 Å². The number of aromatic nitrogens is 2. The molecule has 0 aliphatic heterocycles. The SMILES string of the molecule is CC(C)(C)OC(=O)Nc1cc(C(N)=O)c2ccc(CN(C(=O)c3cccnc3)c3ccccc3S(C)(=O)=O)cc2n1. The molecule has 0 saturated heterocycles. The molecule has 4 aromatic rings. The topological polar surface area (TPSA) is 162 Å². The quantitative estimate of drug-likeness (QED) is 0.329. The Morgan fingerprint density at radius 1 is 1.02 bits per heavy atom. The number of anilines is 2. The Morgan fingerprint density at radius 2 is 1.76 bits per heavy atom. The van der Waals surface area contributed by atoms with E-state index in [-0.39, 0.29) is 34.1 Å². The predicted molar refractivity (Wildman–Crippen MR) is 154 cm³/mol. The van der Waals surface area contributed by atoms with Gasteiger partial charge in [-0.3, -0.25) is 19.9 Å². The van der Waals surface area contributed by atoms with E-state index < -0.39 is 33.3 Å². The van der Waals surface area contributed by atoms with Crippen molar-refractivity contribution in [2.24, 2.45) is 5.73 Å². The maximum absolute atomic E-state index is 13.7. The molecular formula is C29H29N5O6S. The number of nitrogens with zero attached hydrogens (tertiary/aromatic N) is 3. The number of carbonyl (C=O) groups is 3. The Hall–Kier alpha value is -4.84. The molecule has 2 aromatic heterocycles. The van der Waals surface area contributed by atoms with E-state index in [2.05, 4.69) is 15.3 Å². The van der Waals surface area contributed by atoms with Gasteiger partial charge in [0.2, 0.25) is 5.91 Å². The van der Waals surface area contributed by atoms with Crippen LogP contribution < -0.4 is 16.0 Å². The molecule has 0 aliphatic carbocycles. The summed E-state index contributed by atoms with van der Waals surface area (Å²) in [6.45, 7) is 5.08. The first-order valence-corrected chi connectivity index (χ1v) is 14.4. The van der Waals surface area contributed by atoms with Crippen molar-refractivity contribution in [2.75, 3.05) is 16.5 Å². The van der Waals surface area contributed by atoms with E-state index in [1.807, 2.05) is 0 Å². The van der Waals surface area contributed by atoms with Crippen molar-refractivity contribution in [1.82, 2.24) is 9.97 Å². The van der Waals surface area contributed by atoms with Crippen molar-refractivity contribution < 1.29 is 27.5 Å². The molecule has 3 amide bonds. The number of rotatable bonds is 7. The Balaban J connectivity index is 1.80. The van der Waals surface area contributed by atoms with Gasteiger partial charge in [-0.1, -0.05) is 24.3 Å². The van der Waals surface area contributed by atoms with Gasteiger partial charge in [-0.05, 0) is 62.7 Å². The Labute approximate surface area is 237 Å². The maximum atomic E-state index is 13.7. The molecule has 2 heterocycles. The number of nitrogens with one attached hydrogen (secondary N) is 1. The lowest BCUT2D eigenvalue weighted by Crippen LogP contribution is -2.31. The highest BCUT2D eigenvalue weighted by molar-refractivity contribution is 7.90. The number of amides is 3. The van der Waals surface area contributed by atoms with Crippen molar-refractivity contribution >= 4 is 50.2 Å². The molecule has 11 nitrogen and oxygen atoms in total. The molecule has 41 heavy (non-hydrogen) atoms. The number of sulfone groups is 1. The first-order valence-electron chi connectivity index (χ1n) is 12.5. The summed E-state index contributed by atoms with van der Waals surface area (Å²) in [5.41, 5.74) is 6.31. The van der Waals surface area contributed by atoms with Crippen molar-refractivity contribution in [3.8, 4) is 0 Å². The third-order valence-corrected chi connectivity index (χ3v) is 6.96. The van der Waals surface area contributed by atoms with Gasteiger partial charge in [0.05, 0.1) is 33.8 Å². The summed E-state index contributed by atoms with van der Waals surface area (Å²) in [6.07, 6.45) is 3.23. The van der Waals surface area contributed by atoms with Crippen molar-refractivity contribution in [2.45, 2.75) is 37.8 Å². The van der Waals surface area contributed by atoms with Crippen LogP contribution >= 0.6 is 0 Å². The highest BCUT2D eigenvalue weighted by Crippen LogP contribution is 2.29. The highest BCUT2D eigenvalue weighted by atomic mass is 32.2. The number of benzene rings is 2. The lowest BCUT2D eigenvalue weighted by molar-refractivity contribution is 0.0634. The second kappa shape index (κ2) is 11.3. The first-order chi connectivity index (χ1) is 19.2. The van der Waals surface area contributed by atoms with E-state index in [1.165, 1.54) is 29.4 Å². The van der Waals surface area contributed by atoms with E-state index >= 15 is 0 Å². The Morgan fingerprint density at radius 3 is 2.39 bits per heavy atom. The van der Waals surface area contributed by atoms with Crippen molar-refractivity contribution in [3.05, 3.63) is 89.7 Å². The summed E-state index contributed by atoms with van der Waals surface area (Å²) in [6, 6.07) is 15.7. The molecule has 0 spiro atoms. The number of fused-ring (bicyclic) bond motifs is 1. The molecule has 3 N–H and O–H groups in total. The van der Waals surface area contributed by atoms with E-state index in [0.29, 0.717) is 16.5 Å². The monoisotopic (exact) mass is 575 g/mol. The summed E-state index contributed by atoms with van der Waals surface area (Å²) >= 11 is 0. The van der Waals surface area contributed by atoms with Crippen LogP contribution in [-0.4, -0.2) is 48.2 Å². The summed E-state index contributed by atoms with van der Waals surface area (Å²) < 4.78 is 30.5.